The Balaban J connectivity index is 0. The zero-order valence-electron chi connectivity index (χ0n) is 9.32. The molecule has 15 heavy (non-hydrogen) atoms. The van der Waals surface area contributed by atoms with Gasteiger partial charge in [0.05, 0.1) is 6.26 Å². The van der Waals surface area contributed by atoms with Gasteiger partial charge in [-0.2, -0.15) is 0 Å². The molecule has 0 unspecified atom stereocenters. The van der Waals surface area contributed by atoms with E-state index in [4.69, 9.17) is 0 Å². The van der Waals surface area contributed by atoms with Crippen molar-refractivity contribution in [2.24, 2.45) is 0 Å². The van der Waals surface area contributed by atoms with Gasteiger partial charge in [-0.05, 0) is 5.56 Å². The van der Waals surface area contributed by atoms with Crippen LogP contribution in [0.2, 0.25) is 0 Å². The van der Waals surface area contributed by atoms with Crippen LogP contribution in [0, 0.1) is 0 Å². The maximum atomic E-state index is 10.7. The molecule has 0 aromatic heterocycles. The molecular weight excluding hydrogens is 407 g/mol. The van der Waals surface area contributed by atoms with Crippen LogP contribution in [0.5, 0.6) is 0 Å². The summed E-state index contributed by atoms with van der Waals surface area (Å²) in [6, 6.07) is 9.39. The average Bonchev–Trinajstić information content (AvgIpc) is 2.19. The van der Waals surface area contributed by atoms with Crippen LogP contribution in [-0.4, -0.2) is 41.2 Å². The number of hydrogen-bond donors (Lipinski definition) is 1. The molecule has 0 spiro atoms. The third kappa shape index (κ3) is 10.3. The van der Waals surface area contributed by atoms with Crippen LogP contribution in [-0.2, 0) is 16.6 Å². The molecular formula is C10H19NO2PoS. The van der Waals surface area contributed by atoms with E-state index in [0.29, 0.717) is 6.54 Å². The molecule has 1 aromatic rings. The van der Waals surface area contributed by atoms with Gasteiger partial charge in [0.2, 0.25) is 10.0 Å². The van der Waals surface area contributed by atoms with Crippen LogP contribution >= 0.6 is 0 Å². The van der Waals surface area contributed by atoms with Crippen molar-refractivity contribution in [2.45, 2.75) is 20.4 Å². The van der Waals surface area contributed by atoms with Gasteiger partial charge in [0.15, 0.2) is 0 Å². The molecule has 0 bridgehead atoms. The molecule has 0 aliphatic carbocycles. The van der Waals surface area contributed by atoms with Crippen LogP contribution in [0.4, 0.5) is 0 Å². The molecule has 0 radical (unpaired) electrons. The normalized spacial score (nSPS) is 9.53. The summed E-state index contributed by atoms with van der Waals surface area (Å²) >= 11 is 0. The molecule has 0 saturated carbocycles. The molecule has 5 heteroatoms. The van der Waals surface area contributed by atoms with Crippen molar-refractivity contribution in [3.63, 3.8) is 0 Å². The predicted octanol–water partition coefficient (Wildman–Crippen LogP) is 0.846. The third-order valence-corrected chi connectivity index (χ3v) is 2.05. The Morgan fingerprint density at radius 2 is 1.60 bits per heavy atom. The zero-order chi connectivity index (χ0) is 11.0. The van der Waals surface area contributed by atoms with Gasteiger partial charge in [-0.1, -0.05) is 44.2 Å². The van der Waals surface area contributed by atoms with E-state index in [1.54, 1.807) is 0 Å². The van der Waals surface area contributed by atoms with Crippen molar-refractivity contribution in [3.05, 3.63) is 35.9 Å². The first-order valence-corrected chi connectivity index (χ1v) is 6.45. The van der Waals surface area contributed by atoms with Crippen LogP contribution in [0.25, 0.3) is 0 Å². The van der Waals surface area contributed by atoms with E-state index in [1.807, 2.05) is 44.2 Å². The fraction of sp³-hybridized carbons (Fsp3) is 0.400. The quantitative estimate of drug-likeness (QED) is 0.779. The first kappa shape index (κ1) is 17.4. The summed E-state index contributed by atoms with van der Waals surface area (Å²) < 4.78 is 23.8. The van der Waals surface area contributed by atoms with Gasteiger partial charge in [-0.15, -0.1) is 0 Å². The van der Waals surface area contributed by atoms with Crippen LogP contribution in [0.1, 0.15) is 19.4 Å². The van der Waals surface area contributed by atoms with Crippen LogP contribution in [0.3, 0.4) is 0 Å². The van der Waals surface area contributed by atoms with Gasteiger partial charge in [0.1, 0.15) is 0 Å². The molecule has 0 aliphatic heterocycles. The molecule has 1 N–H and O–H groups in total. The van der Waals surface area contributed by atoms with Gasteiger partial charge >= 0.3 is 26.6 Å². The van der Waals surface area contributed by atoms with Crippen molar-refractivity contribution < 1.29 is 8.42 Å². The number of nitrogens with one attached hydrogen (secondary N) is 1. The molecule has 88 valence electrons. The van der Waals surface area contributed by atoms with Crippen LogP contribution < -0.4 is 4.72 Å². The Hall–Kier alpha value is 0.0261. The second kappa shape index (κ2) is 9.27. The van der Waals surface area contributed by atoms with E-state index >= 15 is 0 Å². The van der Waals surface area contributed by atoms with E-state index in [2.05, 4.69) is 4.72 Å². The van der Waals surface area contributed by atoms with E-state index in [9.17, 15) is 8.42 Å². The summed E-state index contributed by atoms with van der Waals surface area (Å²) in [6.45, 7) is 4.36. The molecule has 1 rings (SSSR count). The number of rotatable bonds is 3. The zero-order valence-corrected chi connectivity index (χ0v) is 14.0. The number of benzene rings is 1. The van der Waals surface area contributed by atoms with Gasteiger partial charge in [-0.25, -0.2) is 13.1 Å². The maximum absolute atomic E-state index is 10.7. The van der Waals surface area contributed by atoms with E-state index in [-0.39, 0.29) is 26.6 Å². The molecule has 1 aromatic carbocycles. The van der Waals surface area contributed by atoms with Crippen molar-refractivity contribution in [2.75, 3.05) is 6.26 Å². The van der Waals surface area contributed by atoms with Crippen molar-refractivity contribution in [1.29, 1.82) is 0 Å². The molecule has 0 atom stereocenters. The van der Waals surface area contributed by atoms with Crippen molar-refractivity contribution >= 4 is 36.6 Å². The second-order valence-corrected chi connectivity index (χ2v) is 4.41. The summed E-state index contributed by atoms with van der Waals surface area (Å²) in [5.74, 6) is 0. The van der Waals surface area contributed by atoms with E-state index in [0.717, 1.165) is 11.8 Å². The summed E-state index contributed by atoms with van der Waals surface area (Å²) in [4.78, 5) is 0. The number of hydrogen-bond acceptors (Lipinski definition) is 2. The minimum atomic E-state index is -3.07. The minimum absolute atomic E-state index is 0. The van der Waals surface area contributed by atoms with Gasteiger partial charge in [0.25, 0.3) is 0 Å². The molecule has 0 heterocycles. The third-order valence-electron chi connectivity index (χ3n) is 1.38. The van der Waals surface area contributed by atoms with E-state index in [1.165, 1.54) is 0 Å². The van der Waals surface area contributed by atoms with Crippen molar-refractivity contribution in [1.82, 2.24) is 4.72 Å². The SMILES string of the molecule is CC.CS(=O)(=O)NCc1ccccc1.[PoH2]. The van der Waals surface area contributed by atoms with Gasteiger partial charge in [-0.3, -0.25) is 0 Å². The fourth-order valence-corrected chi connectivity index (χ4v) is 1.24. The van der Waals surface area contributed by atoms with E-state index < -0.39 is 10.0 Å². The molecule has 0 saturated heterocycles. The Bertz CT molecular complexity index is 338. The summed E-state index contributed by atoms with van der Waals surface area (Å²) in [5, 5.41) is 0. The summed E-state index contributed by atoms with van der Waals surface area (Å²) in [7, 11) is -3.07. The summed E-state index contributed by atoms with van der Waals surface area (Å²) in [6.07, 6.45) is 1.15. The predicted molar refractivity (Wildman–Crippen MR) is 68.0 cm³/mol. The fourth-order valence-electron chi connectivity index (χ4n) is 0.810. The Kier molecular flexibility index (Phi) is 10.8. The topological polar surface area (TPSA) is 46.2 Å². The molecule has 0 amide bonds. The number of sulfonamides is 1. The second-order valence-electron chi connectivity index (χ2n) is 2.58. The molecule has 3 nitrogen and oxygen atoms in total. The average molecular weight is 426 g/mol. The Labute approximate surface area is 112 Å². The first-order chi connectivity index (χ1) is 6.58. The Morgan fingerprint density at radius 3 is 2.00 bits per heavy atom. The Morgan fingerprint density at radius 1 is 1.13 bits per heavy atom. The molecule has 0 aliphatic rings. The van der Waals surface area contributed by atoms with Crippen molar-refractivity contribution in [3.8, 4) is 0 Å². The monoisotopic (exact) mass is 426 g/mol. The first-order valence-electron chi connectivity index (χ1n) is 4.56. The van der Waals surface area contributed by atoms with Crippen LogP contribution in [0.15, 0.2) is 30.3 Å². The van der Waals surface area contributed by atoms with Gasteiger partial charge < -0.3 is 0 Å². The summed E-state index contributed by atoms with van der Waals surface area (Å²) in [5.41, 5.74) is 0.961. The van der Waals surface area contributed by atoms with Gasteiger partial charge in [0, 0.05) is 6.54 Å². The molecule has 0 fully saturated rings. The standard InChI is InChI=1S/C8H11NO2S.C2H6.Po.2H/c1-12(10,11)9-7-8-5-3-2-4-6-8;1-2;;;/h2-6,9H,7H2,1H3;1-2H3;;;.